The summed E-state index contributed by atoms with van der Waals surface area (Å²) in [7, 11) is 2.99. The van der Waals surface area contributed by atoms with Crippen LogP contribution in [0.3, 0.4) is 0 Å². The van der Waals surface area contributed by atoms with Crippen LogP contribution >= 0.6 is 0 Å². The van der Waals surface area contributed by atoms with Gasteiger partial charge in [0.1, 0.15) is 11.5 Å². The summed E-state index contributed by atoms with van der Waals surface area (Å²) in [6, 6.07) is 4.90. The SMILES string of the molecule is COc1cc(OC)cc(C2OC(N)=C(OC(C)=O)C2=O)c1. The van der Waals surface area contributed by atoms with E-state index in [2.05, 4.69) is 0 Å². The number of esters is 1. The Morgan fingerprint density at radius 3 is 2.24 bits per heavy atom. The molecule has 112 valence electrons. The Morgan fingerprint density at radius 2 is 1.76 bits per heavy atom. The lowest BCUT2D eigenvalue weighted by Gasteiger charge is -2.13. The van der Waals surface area contributed by atoms with Crippen molar-refractivity contribution >= 4 is 11.8 Å². The van der Waals surface area contributed by atoms with E-state index in [1.807, 2.05) is 0 Å². The fraction of sp³-hybridized carbons (Fsp3) is 0.286. The van der Waals surface area contributed by atoms with Crippen molar-refractivity contribution in [3.05, 3.63) is 35.4 Å². The highest BCUT2D eigenvalue weighted by molar-refractivity contribution is 6.01. The molecule has 21 heavy (non-hydrogen) atoms. The number of ether oxygens (including phenoxy) is 4. The highest BCUT2D eigenvalue weighted by atomic mass is 16.6. The molecule has 0 saturated heterocycles. The molecule has 0 radical (unpaired) electrons. The lowest BCUT2D eigenvalue weighted by Crippen LogP contribution is -2.13. The average molecular weight is 293 g/mol. The second kappa shape index (κ2) is 5.74. The zero-order chi connectivity index (χ0) is 15.6. The molecule has 1 aliphatic rings. The van der Waals surface area contributed by atoms with E-state index in [4.69, 9.17) is 24.7 Å². The zero-order valence-electron chi connectivity index (χ0n) is 11.8. The Morgan fingerprint density at radius 1 is 1.19 bits per heavy atom. The van der Waals surface area contributed by atoms with Crippen LogP contribution in [0.25, 0.3) is 0 Å². The first-order valence-electron chi connectivity index (χ1n) is 6.08. The van der Waals surface area contributed by atoms with Gasteiger partial charge in [0.15, 0.2) is 6.10 Å². The molecule has 2 rings (SSSR count). The minimum Gasteiger partial charge on any atom is -0.497 e. The van der Waals surface area contributed by atoms with Crippen molar-refractivity contribution in [2.24, 2.45) is 5.73 Å². The third-order valence-corrected chi connectivity index (χ3v) is 2.85. The Bertz CT molecular complexity index is 600. The molecule has 2 N–H and O–H groups in total. The topological polar surface area (TPSA) is 97.1 Å². The molecule has 1 atom stereocenters. The number of carbonyl (C=O) groups excluding carboxylic acids is 2. The highest BCUT2D eigenvalue weighted by Gasteiger charge is 2.38. The smallest absolute Gasteiger partial charge is 0.308 e. The molecule has 7 nitrogen and oxygen atoms in total. The highest BCUT2D eigenvalue weighted by Crippen LogP contribution is 2.35. The number of rotatable bonds is 4. The van der Waals surface area contributed by atoms with Crippen molar-refractivity contribution < 1.29 is 28.5 Å². The molecule has 0 saturated carbocycles. The predicted octanol–water partition coefficient (Wildman–Crippen LogP) is 1.04. The van der Waals surface area contributed by atoms with Crippen molar-refractivity contribution in [2.45, 2.75) is 13.0 Å². The van der Waals surface area contributed by atoms with Crippen LogP contribution in [0.1, 0.15) is 18.6 Å². The van der Waals surface area contributed by atoms with Gasteiger partial charge >= 0.3 is 5.97 Å². The average Bonchev–Trinajstić information content (AvgIpc) is 2.74. The summed E-state index contributed by atoms with van der Waals surface area (Å²) < 4.78 is 20.3. The van der Waals surface area contributed by atoms with E-state index < -0.39 is 17.9 Å². The number of hydrogen-bond donors (Lipinski definition) is 1. The molecule has 1 heterocycles. The minimum atomic E-state index is -0.997. The van der Waals surface area contributed by atoms with Crippen molar-refractivity contribution in [3.63, 3.8) is 0 Å². The van der Waals surface area contributed by atoms with Crippen LogP contribution in [-0.4, -0.2) is 26.0 Å². The van der Waals surface area contributed by atoms with Crippen LogP contribution in [0.4, 0.5) is 0 Å². The first-order chi connectivity index (χ1) is 9.96. The van der Waals surface area contributed by atoms with E-state index in [0.29, 0.717) is 17.1 Å². The first-order valence-corrected chi connectivity index (χ1v) is 6.08. The third-order valence-electron chi connectivity index (χ3n) is 2.85. The molecule has 0 amide bonds. The molecule has 0 aliphatic carbocycles. The summed E-state index contributed by atoms with van der Waals surface area (Å²) in [6.45, 7) is 1.18. The van der Waals surface area contributed by atoms with E-state index in [1.165, 1.54) is 21.1 Å². The maximum Gasteiger partial charge on any atom is 0.308 e. The normalized spacial score (nSPS) is 17.5. The number of ketones is 1. The molecule has 0 spiro atoms. The van der Waals surface area contributed by atoms with E-state index >= 15 is 0 Å². The van der Waals surface area contributed by atoms with Crippen LogP contribution in [-0.2, 0) is 19.1 Å². The molecule has 1 aliphatic heterocycles. The van der Waals surface area contributed by atoms with Gasteiger partial charge in [-0.2, -0.15) is 0 Å². The Balaban J connectivity index is 2.33. The van der Waals surface area contributed by atoms with Gasteiger partial charge in [-0.25, -0.2) is 0 Å². The maximum absolute atomic E-state index is 12.2. The quantitative estimate of drug-likeness (QED) is 0.828. The summed E-state index contributed by atoms with van der Waals surface area (Å²) in [5.41, 5.74) is 6.07. The summed E-state index contributed by atoms with van der Waals surface area (Å²) in [6.07, 6.45) is -0.997. The zero-order valence-corrected chi connectivity index (χ0v) is 11.8. The van der Waals surface area contributed by atoms with Crippen LogP contribution in [0.2, 0.25) is 0 Å². The summed E-state index contributed by atoms with van der Waals surface area (Å²) in [5.74, 6) is -0.677. The molecule has 1 aromatic carbocycles. The fourth-order valence-electron chi connectivity index (χ4n) is 1.92. The van der Waals surface area contributed by atoms with Crippen molar-refractivity contribution in [2.75, 3.05) is 14.2 Å². The summed E-state index contributed by atoms with van der Waals surface area (Å²) in [4.78, 5) is 23.2. The van der Waals surface area contributed by atoms with Crippen LogP contribution in [0, 0.1) is 0 Å². The Kier molecular flexibility index (Phi) is 4.02. The second-order valence-corrected chi connectivity index (χ2v) is 4.30. The molecule has 0 bridgehead atoms. The lowest BCUT2D eigenvalue weighted by atomic mass is 10.0. The van der Waals surface area contributed by atoms with Gasteiger partial charge in [0.2, 0.25) is 17.4 Å². The standard InChI is InChI=1S/C14H15NO6/c1-7(16)20-13-11(17)12(21-14(13)15)8-4-9(18-2)6-10(5-8)19-3/h4-6,12H,15H2,1-3H3. The van der Waals surface area contributed by atoms with Gasteiger partial charge in [-0.15, -0.1) is 0 Å². The van der Waals surface area contributed by atoms with Gasteiger partial charge < -0.3 is 24.7 Å². The van der Waals surface area contributed by atoms with E-state index in [9.17, 15) is 9.59 Å². The van der Waals surface area contributed by atoms with E-state index in [0.717, 1.165) is 0 Å². The van der Waals surface area contributed by atoms with Gasteiger partial charge in [0, 0.05) is 18.6 Å². The number of benzene rings is 1. The van der Waals surface area contributed by atoms with Gasteiger partial charge in [-0.1, -0.05) is 0 Å². The molecular formula is C14H15NO6. The minimum absolute atomic E-state index is 0.220. The van der Waals surface area contributed by atoms with Crippen molar-refractivity contribution in [3.8, 4) is 11.5 Å². The van der Waals surface area contributed by atoms with Gasteiger partial charge in [-0.05, 0) is 12.1 Å². The molecule has 1 aromatic rings. The number of Topliss-reactive ketones (excluding diaryl/α,β-unsaturated/α-hetero) is 1. The fourth-order valence-corrected chi connectivity index (χ4v) is 1.92. The van der Waals surface area contributed by atoms with Crippen LogP contribution in [0.5, 0.6) is 11.5 Å². The lowest BCUT2D eigenvalue weighted by molar-refractivity contribution is -0.140. The number of carbonyl (C=O) groups is 2. The third kappa shape index (κ3) is 2.91. The van der Waals surface area contributed by atoms with Gasteiger partial charge in [0.05, 0.1) is 14.2 Å². The largest absolute Gasteiger partial charge is 0.497 e. The van der Waals surface area contributed by atoms with E-state index in [-0.39, 0.29) is 11.6 Å². The molecule has 7 heteroatoms. The number of hydrogen-bond acceptors (Lipinski definition) is 7. The van der Waals surface area contributed by atoms with Gasteiger partial charge in [-0.3, -0.25) is 9.59 Å². The monoisotopic (exact) mass is 293 g/mol. The molecule has 0 aromatic heterocycles. The number of methoxy groups -OCH3 is 2. The van der Waals surface area contributed by atoms with E-state index in [1.54, 1.807) is 18.2 Å². The molecule has 1 unspecified atom stereocenters. The summed E-state index contributed by atoms with van der Waals surface area (Å²) >= 11 is 0. The molecular weight excluding hydrogens is 278 g/mol. The predicted molar refractivity (Wildman–Crippen MR) is 71.4 cm³/mol. The second-order valence-electron chi connectivity index (χ2n) is 4.30. The van der Waals surface area contributed by atoms with Gasteiger partial charge in [0.25, 0.3) is 0 Å². The molecule has 0 fully saturated rings. The Hall–Kier alpha value is -2.70. The first kappa shape index (κ1) is 14.7. The summed E-state index contributed by atoms with van der Waals surface area (Å²) in [5, 5.41) is 0. The number of nitrogens with two attached hydrogens (primary N) is 1. The van der Waals surface area contributed by atoms with Crippen LogP contribution in [0.15, 0.2) is 29.8 Å². The van der Waals surface area contributed by atoms with Crippen molar-refractivity contribution in [1.29, 1.82) is 0 Å². The van der Waals surface area contributed by atoms with Crippen LogP contribution < -0.4 is 15.2 Å². The van der Waals surface area contributed by atoms with Crippen molar-refractivity contribution in [1.82, 2.24) is 0 Å². The maximum atomic E-state index is 12.2. The Labute approximate surface area is 121 Å².